The second kappa shape index (κ2) is 9.99. The van der Waals surface area contributed by atoms with E-state index in [4.69, 9.17) is 11.3 Å². The molecule has 190 valence electrons. The molecule has 1 aliphatic rings. The Kier molecular flexibility index (Phi) is 6.99. The second-order valence-electron chi connectivity index (χ2n) is 10.1. The van der Waals surface area contributed by atoms with Crippen molar-refractivity contribution in [2.75, 3.05) is 29.6 Å². The van der Waals surface area contributed by atoms with Crippen molar-refractivity contribution in [1.29, 1.82) is 0 Å². The number of aromatic nitrogens is 4. The summed E-state index contributed by atoms with van der Waals surface area (Å²) in [7, 11) is 3.61. The number of carbonyl (C=O) groups is 1. The molecule has 1 fully saturated rings. The van der Waals surface area contributed by atoms with E-state index in [-0.39, 0.29) is 11.9 Å². The number of hydrogen-bond donors (Lipinski definition) is 3. The molecule has 0 saturated heterocycles. The smallest absolute Gasteiger partial charge is 0.342 e. The van der Waals surface area contributed by atoms with E-state index in [0.717, 1.165) is 25.7 Å². The number of aliphatic hydroxyl groups excluding tert-OH is 1. The third kappa shape index (κ3) is 5.49. The predicted octanol–water partition coefficient (Wildman–Crippen LogP) is 4.16. The van der Waals surface area contributed by atoms with Crippen molar-refractivity contribution in [3.63, 3.8) is 0 Å². The molecule has 0 radical (unpaired) electrons. The number of carbonyl (C=O) groups excluding carboxylic acids is 1. The van der Waals surface area contributed by atoms with Gasteiger partial charge in [0.05, 0.1) is 18.3 Å². The molecule has 4 rings (SSSR count). The Morgan fingerprint density at radius 3 is 2.67 bits per heavy atom. The molecular weight excluding hydrogens is 460 g/mol. The lowest BCUT2D eigenvalue weighted by Crippen LogP contribution is -2.36. The molecule has 3 aromatic rings. The highest BCUT2D eigenvalue weighted by atomic mass is 16.6. The van der Waals surface area contributed by atoms with Gasteiger partial charge in [-0.2, -0.15) is 0 Å². The summed E-state index contributed by atoms with van der Waals surface area (Å²) in [5.74, 6) is 1.26. The minimum Gasteiger partial charge on any atom is -0.456 e. The molecule has 0 spiro atoms. The number of fused-ring (bicyclic) bond motifs is 1. The molecule has 11 nitrogen and oxygen atoms in total. The lowest BCUT2D eigenvalue weighted by Gasteiger charge is -2.28. The molecule has 3 aromatic heterocycles. The Balaban J connectivity index is 1.69. The van der Waals surface area contributed by atoms with Gasteiger partial charge >= 0.3 is 5.97 Å². The number of rotatable bonds is 6. The fourth-order valence-electron chi connectivity index (χ4n) is 4.15. The number of ether oxygens (including phenoxy) is 1. The zero-order chi connectivity index (χ0) is 26.0. The van der Waals surface area contributed by atoms with Crippen LogP contribution in [0.3, 0.4) is 0 Å². The topological polar surface area (TPSA) is 121 Å². The van der Waals surface area contributed by atoms with E-state index in [2.05, 4.69) is 30.5 Å². The minimum absolute atomic E-state index is 0.122. The molecule has 0 aromatic carbocycles. The van der Waals surface area contributed by atoms with Crippen molar-refractivity contribution in [2.45, 2.75) is 64.2 Å². The third-order valence-electron chi connectivity index (χ3n) is 5.81. The molecule has 3 N–H and O–H groups in total. The Bertz CT molecular complexity index is 1310. The van der Waals surface area contributed by atoms with Crippen LogP contribution in [0.25, 0.3) is 10.5 Å². The van der Waals surface area contributed by atoms with Gasteiger partial charge in [-0.05, 0) is 45.7 Å². The van der Waals surface area contributed by atoms with Crippen LogP contribution in [0.15, 0.2) is 24.4 Å². The molecule has 1 saturated carbocycles. The largest absolute Gasteiger partial charge is 0.456 e. The number of imidazole rings is 1. The van der Waals surface area contributed by atoms with Crippen molar-refractivity contribution < 1.29 is 14.6 Å². The number of nitrogens with zero attached hydrogens (tertiary/aromatic N) is 6. The first kappa shape index (κ1) is 25.2. The number of esters is 1. The predicted molar refractivity (Wildman–Crippen MR) is 138 cm³/mol. The van der Waals surface area contributed by atoms with Gasteiger partial charge in [-0.1, -0.05) is 24.5 Å². The SMILES string of the molecule is [C-]#[N+]c1cnc2c(Nc3ccc(C(=O)OC(C)(C)C)c(N(C)C)n3)cc(N[C@@H]3CCCC[C@H]3O)nn12. The summed E-state index contributed by atoms with van der Waals surface area (Å²) in [6.07, 6.45) is 4.61. The Morgan fingerprint density at radius 1 is 1.25 bits per heavy atom. The van der Waals surface area contributed by atoms with Crippen molar-refractivity contribution >= 4 is 40.6 Å². The van der Waals surface area contributed by atoms with Crippen LogP contribution in [-0.4, -0.2) is 62.5 Å². The van der Waals surface area contributed by atoms with Crippen LogP contribution in [0.1, 0.15) is 56.8 Å². The lowest BCUT2D eigenvalue weighted by molar-refractivity contribution is 0.00700. The number of hydrogen-bond acceptors (Lipinski definition) is 9. The van der Waals surface area contributed by atoms with Gasteiger partial charge in [-0.15, -0.1) is 4.52 Å². The summed E-state index contributed by atoms with van der Waals surface area (Å²) in [5, 5.41) is 21.5. The maximum atomic E-state index is 12.7. The van der Waals surface area contributed by atoms with E-state index in [1.807, 2.05) is 20.8 Å². The quantitative estimate of drug-likeness (QED) is 0.344. The summed E-state index contributed by atoms with van der Waals surface area (Å²) in [6.45, 7) is 12.9. The van der Waals surface area contributed by atoms with Gasteiger partial charge in [0.25, 0.3) is 11.5 Å². The maximum absolute atomic E-state index is 12.7. The van der Waals surface area contributed by atoms with Crippen molar-refractivity contribution in [3.05, 3.63) is 41.4 Å². The van der Waals surface area contributed by atoms with Crippen LogP contribution in [0.5, 0.6) is 0 Å². The average Bonchev–Trinajstić information content (AvgIpc) is 3.22. The summed E-state index contributed by atoms with van der Waals surface area (Å²) in [6, 6.07) is 5.03. The van der Waals surface area contributed by atoms with Crippen LogP contribution in [0, 0.1) is 6.57 Å². The first-order valence-corrected chi connectivity index (χ1v) is 12.0. The van der Waals surface area contributed by atoms with Crippen molar-refractivity contribution in [3.8, 4) is 0 Å². The van der Waals surface area contributed by atoms with Gasteiger partial charge in [-0.3, -0.25) is 0 Å². The number of aliphatic hydroxyl groups is 1. The summed E-state index contributed by atoms with van der Waals surface area (Å²) >= 11 is 0. The highest BCUT2D eigenvalue weighted by Crippen LogP contribution is 2.30. The Labute approximate surface area is 210 Å². The Morgan fingerprint density at radius 2 is 2.00 bits per heavy atom. The number of nitrogens with one attached hydrogen (secondary N) is 2. The van der Waals surface area contributed by atoms with Crippen LogP contribution in [0.2, 0.25) is 0 Å². The molecule has 1 aliphatic carbocycles. The van der Waals surface area contributed by atoms with E-state index in [9.17, 15) is 9.90 Å². The normalized spacial score (nSPS) is 17.9. The van der Waals surface area contributed by atoms with Crippen LogP contribution in [0.4, 0.5) is 29.0 Å². The first-order valence-electron chi connectivity index (χ1n) is 12.0. The van der Waals surface area contributed by atoms with Gasteiger partial charge in [-0.25, -0.2) is 14.8 Å². The molecule has 2 atom stereocenters. The van der Waals surface area contributed by atoms with Crippen LogP contribution >= 0.6 is 0 Å². The summed E-state index contributed by atoms with van der Waals surface area (Å²) in [4.78, 5) is 27.0. The molecule has 0 bridgehead atoms. The van der Waals surface area contributed by atoms with E-state index in [0.29, 0.717) is 34.4 Å². The second-order valence-corrected chi connectivity index (χ2v) is 10.1. The molecule has 36 heavy (non-hydrogen) atoms. The van der Waals surface area contributed by atoms with Crippen LogP contribution in [-0.2, 0) is 4.74 Å². The van der Waals surface area contributed by atoms with Crippen molar-refractivity contribution in [1.82, 2.24) is 19.6 Å². The van der Waals surface area contributed by atoms with Gasteiger partial charge in [0.15, 0.2) is 5.82 Å². The van der Waals surface area contributed by atoms with Gasteiger partial charge in [0.1, 0.15) is 28.5 Å². The standard InChI is InChI=1S/C25H32N8O3/c1-25(2,3)36-24(35)15-11-12-19(30-22(15)32(5)6)29-17-13-20(28-16-9-7-8-10-18(16)34)31-33-21(26-4)14-27-23(17)33/h11-14,16,18,34H,7-10H2,1-3,5-6H3,(H,28,31)(H,29,30)/t16-,18-/m1/s1. The molecule has 3 heterocycles. The third-order valence-corrected chi connectivity index (χ3v) is 5.81. The van der Waals surface area contributed by atoms with E-state index >= 15 is 0 Å². The summed E-state index contributed by atoms with van der Waals surface area (Å²) < 4.78 is 7.00. The monoisotopic (exact) mass is 492 g/mol. The number of pyridine rings is 1. The zero-order valence-corrected chi connectivity index (χ0v) is 21.2. The van der Waals surface area contributed by atoms with E-state index in [1.165, 1.54) is 10.7 Å². The van der Waals surface area contributed by atoms with E-state index < -0.39 is 17.7 Å². The molecule has 0 aliphatic heterocycles. The van der Waals surface area contributed by atoms with Gasteiger partial charge in [0.2, 0.25) is 0 Å². The highest BCUT2D eigenvalue weighted by molar-refractivity contribution is 5.95. The maximum Gasteiger partial charge on any atom is 0.342 e. The van der Waals surface area contributed by atoms with Crippen molar-refractivity contribution in [2.24, 2.45) is 0 Å². The summed E-state index contributed by atoms with van der Waals surface area (Å²) in [5.41, 5.74) is 0.761. The molecular formula is C25H32N8O3. The van der Waals surface area contributed by atoms with E-state index in [1.54, 1.807) is 37.2 Å². The molecule has 0 unspecified atom stereocenters. The highest BCUT2D eigenvalue weighted by Gasteiger charge is 2.25. The molecule has 0 amide bonds. The van der Waals surface area contributed by atoms with Gasteiger partial charge < -0.3 is 30.2 Å². The molecule has 11 heteroatoms. The Hall–Kier alpha value is -3.91. The minimum atomic E-state index is -0.628. The van der Waals surface area contributed by atoms with Crippen LogP contribution < -0.4 is 15.5 Å². The number of anilines is 4. The zero-order valence-electron chi connectivity index (χ0n) is 21.2. The lowest BCUT2D eigenvalue weighted by atomic mass is 9.92. The fourth-order valence-corrected chi connectivity index (χ4v) is 4.15. The van der Waals surface area contributed by atoms with Gasteiger partial charge in [0, 0.05) is 20.2 Å². The average molecular weight is 493 g/mol. The first-order chi connectivity index (χ1) is 17.1. The fraction of sp³-hybridized carbons (Fsp3) is 0.480.